The molecule has 6 aromatic rings. The van der Waals surface area contributed by atoms with Gasteiger partial charge in [-0.25, -0.2) is 4.98 Å². The van der Waals surface area contributed by atoms with Gasteiger partial charge in [0.05, 0.1) is 24.6 Å². The molecular formula is C36H32N6O2. The highest BCUT2D eigenvalue weighted by atomic mass is 16.5. The second-order valence-electron chi connectivity index (χ2n) is 11.2. The molecule has 0 fully saturated rings. The Labute approximate surface area is 255 Å². The third-order valence-corrected chi connectivity index (χ3v) is 8.42. The topological polar surface area (TPSA) is 98.6 Å². The van der Waals surface area contributed by atoms with E-state index >= 15 is 0 Å². The van der Waals surface area contributed by atoms with Crippen molar-refractivity contribution in [2.24, 2.45) is 0 Å². The maximum atomic E-state index is 12.1. The van der Waals surface area contributed by atoms with Crippen LogP contribution >= 0.6 is 0 Å². The van der Waals surface area contributed by atoms with Crippen LogP contribution in [-0.4, -0.2) is 43.3 Å². The summed E-state index contributed by atoms with van der Waals surface area (Å²) in [4.78, 5) is 17.2. The zero-order valence-electron chi connectivity index (χ0n) is 24.7. The van der Waals surface area contributed by atoms with E-state index in [1.54, 1.807) is 0 Å². The van der Waals surface area contributed by atoms with Crippen molar-refractivity contribution in [3.63, 3.8) is 0 Å². The van der Waals surface area contributed by atoms with Crippen molar-refractivity contribution in [2.45, 2.75) is 39.2 Å². The van der Waals surface area contributed by atoms with E-state index in [2.05, 4.69) is 111 Å². The van der Waals surface area contributed by atoms with Crippen LogP contribution in [0.5, 0.6) is 0 Å². The molecule has 0 atom stereocenters. The fourth-order valence-corrected chi connectivity index (χ4v) is 6.25. The molecule has 4 aromatic carbocycles. The SMILES string of the molecule is COC(=O)CCc1nc2c(C)cc(-c3ccccc3)cc2n1Cc1ccc2c(c1)CCc1ccccc1/C2=C\c1nn[nH]n1. The number of tetrazole rings is 1. The van der Waals surface area contributed by atoms with Gasteiger partial charge in [0.1, 0.15) is 5.82 Å². The summed E-state index contributed by atoms with van der Waals surface area (Å²) in [7, 11) is 1.43. The Hall–Kier alpha value is -5.37. The van der Waals surface area contributed by atoms with Crippen LogP contribution in [0, 0.1) is 6.92 Å². The number of rotatable bonds is 7. The van der Waals surface area contributed by atoms with Gasteiger partial charge in [0, 0.05) is 13.0 Å². The van der Waals surface area contributed by atoms with Crippen molar-refractivity contribution in [2.75, 3.05) is 7.11 Å². The Bertz CT molecular complexity index is 2010. The maximum Gasteiger partial charge on any atom is 0.305 e. The first-order valence-electron chi connectivity index (χ1n) is 14.8. The van der Waals surface area contributed by atoms with Gasteiger partial charge in [-0.1, -0.05) is 72.8 Å². The Morgan fingerprint density at radius 2 is 1.73 bits per heavy atom. The molecule has 8 nitrogen and oxygen atoms in total. The number of imidazole rings is 1. The van der Waals surface area contributed by atoms with Gasteiger partial charge in [0.15, 0.2) is 5.82 Å². The second-order valence-corrected chi connectivity index (χ2v) is 11.2. The van der Waals surface area contributed by atoms with Gasteiger partial charge in [-0.2, -0.15) is 5.21 Å². The number of aromatic amines is 1. The molecule has 7 rings (SSSR count). The lowest BCUT2D eigenvalue weighted by Gasteiger charge is -2.15. The van der Waals surface area contributed by atoms with E-state index in [1.807, 2.05) is 12.1 Å². The van der Waals surface area contributed by atoms with E-state index in [9.17, 15) is 4.79 Å². The number of H-pyrrole nitrogens is 1. The van der Waals surface area contributed by atoms with Gasteiger partial charge < -0.3 is 9.30 Å². The molecule has 0 unspecified atom stereocenters. The molecule has 1 aliphatic carbocycles. The molecule has 44 heavy (non-hydrogen) atoms. The van der Waals surface area contributed by atoms with Gasteiger partial charge in [-0.3, -0.25) is 4.79 Å². The minimum Gasteiger partial charge on any atom is -0.469 e. The zero-order chi connectivity index (χ0) is 30.0. The summed E-state index contributed by atoms with van der Waals surface area (Å²) < 4.78 is 7.22. The van der Waals surface area contributed by atoms with Crippen molar-refractivity contribution < 1.29 is 9.53 Å². The molecule has 0 aliphatic heterocycles. The van der Waals surface area contributed by atoms with Crippen LogP contribution in [-0.2, 0) is 35.3 Å². The number of benzene rings is 4. The summed E-state index contributed by atoms with van der Waals surface area (Å²) in [5.74, 6) is 1.19. The average Bonchev–Trinajstić information content (AvgIpc) is 3.67. The highest BCUT2D eigenvalue weighted by Gasteiger charge is 2.21. The van der Waals surface area contributed by atoms with Crippen molar-refractivity contribution in [3.05, 3.63) is 130 Å². The Morgan fingerprint density at radius 1 is 0.932 bits per heavy atom. The van der Waals surface area contributed by atoms with Crippen molar-refractivity contribution in [1.29, 1.82) is 0 Å². The van der Waals surface area contributed by atoms with Crippen molar-refractivity contribution >= 4 is 28.7 Å². The molecule has 8 heteroatoms. The van der Waals surface area contributed by atoms with Gasteiger partial charge in [0.25, 0.3) is 0 Å². The summed E-state index contributed by atoms with van der Waals surface area (Å²) in [6, 6.07) is 30.1. The quantitative estimate of drug-likeness (QED) is 0.221. The molecule has 2 aromatic heterocycles. The van der Waals surface area contributed by atoms with E-state index in [4.69, 9.17) is 9.72 Å². The second kappa shape index (κ2) is 11.7. The normalized spacial score (nSPS) is 13.5. The number of nitrogens with zero attached hydrogens (tertiary/aromatic N) is 5. The molecule has 1 aliphatic rings. The van der Waals surface area contributed by atoms with Crippen LogP contribution in [0.2, 0.25) is 0 Å². The number of carbonyl (C=O) groups is 1. The number of nitrogens with one attached hydrogen (secondary N) is 1. The molecular weight excluding hydrogens is 548 g/mol. The third-order valence-electron chi connectivity index (χ3n) is 8.42. The van der Waals surface area contributed by atoms with Crippen LogP contribution in [0.4, 0.5) is 0 Å². The first-order chi connectivity index (χ1) is 21.6. The zero-order valence-corrected chi connectivity index (χ0v) is 24.7. The number of hydrogen-bond acceptors (Lipinski definition) is 6. The fraction of sp³-hybridized carbons (Fsp3) is 0.194. The lowest BCUT2D eigenvalue weighted by Crippen LogP contribution is -2.09. The van der Waals surface area contributed by atoms with E-state index in [0.717, 1.165) is 52.0 Å². The molecule has 0 amide bonds. The Kier molecular flexibility index (Phi) is 7.32. The standard InChI is InChI=1S/C36H32N6O2/c1-23-18-28(25-8-4-3-5-9-25)20-32-36(23)37-34(16-17-35(43)44-2)42(32)22-24-12-15-30-27(19-24)14-13-26-10-6-7-11-29(26)31(30)21-33-38-40-41-39-33/h3-12,15,18-21H,13-14,16-17,22H2,1-2H3,(H,38,39,40,41)/b31-21+. The molecule has 0 radical (unpaired) electrons. The smallest absolute Gasteiger partial charge is 0.305 e. The summed E-state index contributed by atoms with van der Waals surface area (Å²) in [6.45, 7) is 2.74. The minimum absolute atomic E-state index is 0.240. The van der Waals surface area contributed by atoms with Crippen molar-refractivity contribution in [1.82, 2.24) is 30.2 Å². The maximum absolute atomic E-state index is 12.1. The van der Waals surface area contributed by atoms with E-state index in [1.165, 1.54) is 34.9 Å². The van der Waals surface area contributed by atoms with Gasteiger partial charge in [0.2, 0.25) is 0 Å². The Balaban J connectivity index is 1.32. The monoisotopic (exact) mass is 580 g/mol. The van der Waals surface area contributed by atoms with Gasteiger partial charge in [-0.05, 0) is 93.3 Å². The first kappa shape index (κ1) is 27.5. The molecule has 0 spiro atoms. The van der Waals surface area contributed by atoms with E-state index < -0.39 is 0 Å². The predicted octanol–water partition coefficient (Wildman–Crippen LogP) is 6.37. The highest BCUT2D eigenvalue weighted by molar-refractivity contribution is 5.93. The molecule has 218 valence electrons. The molecule has 0 saturated carbocycles. The number of hydrogen-bond donors (Lipinski definition) is 1. The van der Waals surface area contributed by atoms with Gasteiger partial charge in [-0.15, -0.1) is 10.2 Å². The lowest BCUT2D eigenvalue weighted by molar-refractivity contribution is -0.140. The summed E-state index contributed by atoms with van der Waals surface area (Å²) >= 11 is 0. The minimum atomic E-state index is -0.240. The fourth-order valence-electron chi connectivity index (χ4n) is 6.25. The van der Waals surface area contributed by atoms with Gasteiger partial charge >= 0.3 is 5.97 Å². The van der Waals surface area contributed by atoms with Crippen LogP contribution in [0.15, 0.2) is 84.9 Å². The molecule has 1 N–H and O–H groups in total. The van der Waals surface area contributed by atoms with E-state index in [-0.39, 0.29) is 12.4 Å². The number of methoxy groups -OCH3 is 1. The van der Waals surface area contributed by atoms with Crippen molar-refractivity contribution in [3.8, 4) is 11.1 Å². The number of carbonyl (C=O) groups excluding carboxylic acids is 1. The summed E-state index contributed by atoms with van der Waals surface area (Å²) in [6.07, 6.45) is 4.64. The average molecular weight is 581 g/mol. The van der Waals surface area contributed by atoms with E-state index in [0.29, 0.717) is 18.8 Å². The molecule has 0 bridgehead atoms. The first-order valence-corrected chi connectivity index (χ1v) is 14.8. The Morgan fingerprint density at radius 3 is 2.55 bits per heavy atom. The number of aryl methyl sites for hydroxylation is 4. The number of esters is 1. The predicted molar refractivity (Wildman–Crippen MR) is 171 cm³/mol. The number of aromatic nitrogens is 6. The molecule has 0 saturated heterocycles. The number of ether oxygens (including phenoxy) is 1. The molecule has 2 heterocycles. The largest absolute Gasteiger partial charge is 0.469 e. The van der Waals surface area contributed by atoms with Crippen LogP contribution in [0.1, 0.15) is 51.5 Å². The van der Waals surface area contributed by atoms with Crippen LogP contribution in [0.3, 0.4) is 0 Å². The lowest BCUT2D eigenvalue weighted by atomic mass is 9.92. The highest BCUT2D eigenvalue weighted by Crippen LogP contribution is 2.36. The third kappa shape index (κ3) is 5.30. The number of fused-ring (bicyclic) bond motifs is 3. The summed E-state index contributed by atoms with van der Waals surface area (Å²) in [5, 5.41) is 14.7. The van der Waals surface area contributed by atoms with Crippen LogP contribution < -0.4 is 0 Å². The van der Waals surface area contributed by atoms with Crippen LogP contribution in [0.25, 0.3) is 33.8 Å². The summed E-state index contributed by atoms with van der Waals surface area (Å²) in [5.41, 5.74) is 12.6.